The van der Waals surface area contributed by atoms with E-state index in [0.29, 0.717) is 22.3 Å². The molecular formula is C34H30O7. The minimum Gasteiger partial charge on any atom is -0.497 e. The Hall–Kier alpha value is -5.04. The van der Waals surface area contributed by atoms with Gasteiger partial charge in [0.2, 0.25) is 0 Å². The number of hydrogen-bond acceptors (Lipinski definition) is 7. The third-order valence-corrected chi connectivity index (χ3v) is 7.02. The van der Waals surface area contributed by atoms with Gasteiger partial charge in [0.1, 0.15) is 11.5 Å². The van der Waals surface area contributed by atoms with Gasteiger partial charge in [-0.25, -0.2) is 9.59 Å². The predicted molar refractivity (Wildman–Crippen MR) is 154 cm³/mol. The van der Waals surface area contributed by atoms with Gasteiger partial charge >= 0.3 is 11.9 Å². The fraction of sp³-hybridized carbons (Fsp3) is 0.176. The van der Waals surface area contributed by atoms with Gasteiger partial charge in [0.25, 0.3) is 0 Å². The van der Waals surface area contributed by atoms with Crippen LogP contribution in [0.4, 0.5) is 0 Å². The molecule has 0 bridgehead atoms. The molecule has 0 aromatic heterocycles. The number of ketones is 2. The van der Waals surface area contributed by atoms with Crippen LogP contribution >= 0.6 is 0 Å². The van der Waals surface area contributed by atoms with Crippen LogP contribution in [0.3, 0.4) is 0 Å². The molecule has 0 radical (unpaired) electrons. The zero-order chi connectivity index (χ0) is 29.6. The van der Waals surface area contributed by atoms with Gasteiger partial charge in [-0.2, -0.15) is 0 Å². The van der Waals surface area contributed by atoms with Crippen LogP contribution in [0, 0.1) is 0 Å². The summed E-state index contributed by atoms with van der Waals surface area (Å²) in [6, 6.07) is 29.9. The Morgan fingerprint density at radius 3 is 1.22 bits per heavy atom. The second kappa shape index (κ2) is 12.4. The number of carbonyl (C=O) groups excluding carboxylic acids is 4. The van der Waals surface area contributed by atoms with Crippen LogP contribution in [0.15, 0.2) is 97.1 Å². The van der Waals surface area contributed by atoms with Crippen LogP contribution in [0.2, 0.25) is 0 Å². The molecule has 208 valence electrons. The van der Waals surface area contributed by atoms with Crippen LogP contribution < -0.4 is 9.47 Å². The van der Waals surface area contributed by atoms with Gasteiger partial charge < -0.3 is 14.2 Å². The zero-order valence-electron chi connectivity index (χ0n) is 23.3. The summed E-state index contributed by atoms with van der Waals surface area (Å²) in [5.41, 5.74) is 4.36. The number of Topliss-reactive ketones (excluding diaryl/α,β-unsaturated/α-hetero) is 2. The molecule has 41 heavy (non-hydrogen) atoms. The standard InChI is InChI=1S/C17H20O2.C9H6O2.C8H4O3/c1-17(2,13-5-9-15(18-3)10-6-13)14-7-11-16(19-4)12-8-14;10-8-5-9(11)7-4-2-1-3-6(7)8;9-7-5-3-1-2-4-6(5)8(10)11-7/h5-12H,1-4H3;1-4H,5H2;1-4H. The molecule has 0 spiro atoms. The summed E-state index contributed by atoms with van der Waals surface area (Å²) < 4.78 is 14.8. The van der Waals surface area contributed by atoms with Crippen LogP contribution in [-0.4, -0.2) is 37.7 Å². The monoisotopic (exact) mass is 550 g/mol. The molecule has 1 heterocycles. The van der Waals surface area contributed by atoms with Crippen LogP contribution in [0.25, 0.3) is 0 Å². The topological polar surface area (TPSA) is 96.0 Å². The number of cyclic esters (lactones) is 2. The first-order valence-corrected chi connectivity index (χ1v) is 13.0. The lowest BCUT2D eigenvalue weighted by molar-refractivity contribution is 0.0443. The first-order chi connectivity index (χ1) is 19.6. The fourth-order valence-corrected chi connectivity index (χ4v) is 4.52. The minimum absolute atomic E-state index is 0.0431. The van der Waals surface area contributed by atoms with Crippen molar-refractivity contribution in [1.29, 1.82) is 0 Å². The molecule has 4 aromatic carbocycles. The van der Waals surface area contributed by atoms with Gasteiger partial charge in [0.15, 0.2) is 11.6 Å². The lowest BCUT2D eigenvalue weighted by atomic mass is 9.78. The number of hydrogen-bond donors (Lipinski definition) is 0. The molecule has 0 N–H and O–H groups in total. The normalized spacial score (nSPS) is 13.2. The van der Waals surface area contributed by atoms with Gasteiger partial charge in [0, 0.05) is 16.5 Å². The SMILES string of the molecule is COc1ccc(C(C)(C)c2ccc(OC)cc2)cc1.O=C1CC(=O)c2ccccc21.O=C1OC(=O)c2ccccc21. The minimum atomic E-state index is -0.550. The van der Waals surface area contributed by atoms with Gasteiger partial charge in [-0.1, -0.05) is 74.5 Å². The molecule has 2 aliphatic rings. The largest absolute Gasteiger partial charge is 0.497 e. The van der Waals surface area contributed by atoms with Crippen LogP contribution in [0.1, 0.15) is 72.8 Å². The quantitative estimate of drug-likeness (QED) is 0.212. The van der Waals surface area contributed by atoms with Crippen molar-refractivity contribution in [2.45, 2.75) is 25.7 Å². The summed E-state index contributed by atoms with van der Waals surface area (Å²) in [7, 11) is 3.37. The maximum Gasteiger partial charge on any atom is 0.346 e. The maximum atomic E-state index is 11.1. The maximum absolute atomic E-state index is 11.1. The first-order valence-electron chi connectivity index (χ1n) is 13.0. The highest BCUT2D eigenvalue weighted by atomic mass is 16.6. The van der Waals surface area contributed by atoms with E-state index in [1.165, 1.54) is 11.1 Å². The Balaban J connectivity index is 0.000000150. The van der Waals surface area contributed by atoms with E-state index in [-0.39, 0.29) is 23.4 Å². The van der Waals surface area contributed by atoms with Gasteiger partial charge in [-0.05, 0) is 47.5 Å². The highest BCUT2D eigenvalue weighted by Crippen LogP contribution is 2.33. The highest BCUT2D eigenvalue weighted by molar-refractivity contribution is 6.24. The number of methoxy groups -OCH3 is 2. The summed E-state index contributed by atoms with van der Waals surface area (Å²) in [5, 5.41) is 0. The Kier molecular flexibility index (Phi) is 8.78. The van der Waals surface area contributed by atoms with E-state index < -0.39 is 11.9 Å². The fourth-order valence-electron chi connectivity index (χ4n) is 4.52. The van der Waals surface area contributed by atoms with Gasteiger partial charge in [0.05, 0.1) is 31.8 Å². The van der Waals surface area contributed by atoms with Crippen LogP contribution in [-0.2, 0) is 10.2 Å². The summed E-state index contributed by atoms with van der Waals surface area (Å²) in [5.74, 6) is 0.566. The molecule has 0 saturated carbocycles. The third kappa shape index (κ3) is 6.41. The summed E-state index contributed by atoms with van der Waals surface area (Å²) >= 11 is 0. The average Bonchev–Trinajstić information content (AvgIpc) is 3.47. The molecule has 0 atom stereocenters. The van der Waals surface area contributed by atoms with Gasteiger partial charge in [-0.15, -0.1) is 0 Å². The molecule has 0 fully saturated rings. The molecule has 0 unspecified atom stereocenters. The second-order valence-corrected chi connectivity index (χ2v) is 9.87. The van der Waals surface area contributed by atoms with Crippen molar-refractivity contribution in [2.24, 2.45) is 0 Å². The van der Waals surface area contributed by atoms with E-state index in [2.05, 4.69) is 42.8 Å². The third-order valence-electron chi connectivity index (χ3n) is 7.02. The molecule has 7 nitrogen and oxygen atoms in total. The average molecular weight is 551 g/mol. The van der Waals surface area contributed by atoms with Crippen molar-refractivity contribution in [3.8, 4) is 11.5 Å². The summed E-state index contributed by atoms with van der Waals surface area (Å²) in [6.45, 7) is 4.44. The molecular weight excluding hydrogens is 520 g/mol. The number of benzene rings is 4. The van der Waals surface area contributed by atoms with Crippen molar-refractivity contribution < 1.29 is 33.4 Å². The molecule has 1 aliphatic carbocycles. The lowest BCUT2D eigenvalue weighted by Crippen LogP contribution is -2.18. The smallest absolute Gasteiger partial charge is 0.346 e. The van der Waals surface area contributed by atoms with Crippen molar-refractivity contribution in [1.82, 2.24) is 0 Å². The van der Waals surface area contributed by atoms with Crippen molar-refractivity contribution in [3.05, 3.63) is 130 Å². The Morgan fingerprint density at radius 1 is 0.537 bits per heavy atom. The number of carbonyl (C=O) groups is 4. The van der Waals surface area contributed by atoms with Gasteiger partial charge in [-0.3, -0.25) is 9.59 Å². The zero-order valence-corrected chi connectivity index (χ0v) is 23.3. The highest BCUT2D eigenvalue weighted by Gasteiger charge is 2.28. The summed E-state index contributed by atoms with van der Waals surface area (Å²) in [4.78, 5) is 43.8. The number of fused-ring (bicyclic) bond motifs is 2. The Labute approximate surface area is 238 Å². The van der Waals surface area contributed by atoms with E-state index in [1.54, 1.807) is 62.8 Å². The van der Waals surface area contributed by atoms with E-state index in [0.717, 1.165) is 11.5 Å². The first kappa shape index (κ1) is 29.0. The number of rotatable bonds is 4. The van der Waals surface area contributed by atoms with E-state index in [4.69, 9.17) is 9.47 Å². The van der Waals surface area contributed by atoms with E-state index in [1.807, 2.05) is 24.3 Å². The molecule has 6 rings (SSSR count). The Morgan fingerprint density at radius 2 is 0.878 bits per heavy atom. The van der Waals surface area contributed by atoms with Crippen molar-refractivity contribution in [3.63, 3.8) is 0 Å². The second-order valence-electron chi connectivity index (χ2n) is 9.87. The van der Waals surface area contributed by atoms with E-state index in [9.17, 15) is 19.2 Å². The van der Waals surface area contributed by atoms with Crippen LogP contribution in [0.5, 0.6) is 11.5 Å². The molecule has 4 aromatic rings. The molecule has 0 amide bonds. The number of esters is 2. The van der Waals surface area contributed by atoms with E-state index >= 15 is 0 Å². The van der Waals surface area contributed by atoms with Crippen molar-refractivity contribution >= 4 is 23.5 Å². The molecule has 1 aliphatic heterocycles. The molecule has 0 saturated heterocycles. The summed E-state index contributed by atoms with van der Waals surface area (Å²) in [6.07, 6.45) is 0.0549. The number of ether oxygens (including phenoxy) is 3. The predicted octanol–water partition coefficient (Wildman–Crippen LogP) is 6.48. The lowest BCUT2D eigenvalue weighted by Gasteiger charge is -2.26. The van der Waals surface area contributed by atoms with Crippen molar-refractivity contribution in [2.75, 3.05) is 14.2 Å². The molecule has 7 heteroatoms. The Bertz CT molecular complexity index is 1400.